The summed E-state index contributed by atoms with van der Waals surface area (Å²) in [6.07, 6.45) is 9.07. The van der Waals surface area contributed by atoms with E-state index in [1.54, 1.807) is 6.07 Å². The summed E-state index contributed by atoms with van der Waals surface area (Å²) in [7, 11) is 0. The molecule has 1 aliphatic carbocycles. The number of nitrogens with zero attached hydrogens (tertiary/aromatic N) is 1. The highest BCUT2D eigenvalue weighted by molar-refractivity contribution is 5.42. The number of pyridine rings is 1. The Labute approximate surface area is 82.9 Å². The van der Waals surface area contributed by atoms with E-state index in [9.17, 15) is 4.39 Å². The topological polar surface area (TPSA) is 24.9 Å². The van der Waals surface area contributed by atoms with Gasteiger partial charge in [0, 0.05) is 24.0 Å². The Bertz CT molecular complexity index is 336. The first-order chi connectivity index (χ1) is 6.84. The Hall–Kier alpha value is -1.38. The molecule has 0 aliphatic heterocycles. The van der Waals surface area contributed by atoms with Crippen LogP contribution in [-0.2, 0) is 0 Å². The van der Waals surface area contributed by atoms with Gasteiger partial charge in [-0.3, -0.25) is 0 Å². The third-order valence-corrected chi connectivity index (χ3v) is 2.37. The fraction of sp³-hybridized carbons (Fsp3) is 0.364. The first-order valence-electron chi connectivity index (χ1n) is 4.88. The summed E-state index contributed by atoms with van der Waals surface area (Å²) >= 11 is 0. The number of halogens is 1. The maximum absolute atomic E-state index is 12.8. The van der Waals surface area contributed by atoms with Gasteiger partial charge in [-0.05, 0) is 25.3 Å². The minimum Gasteiger partial charge on any atom is -0.382 e. The Balaban J connectivity index is 1.99. The van der Waals surface area contributed by atoms with Crippen LogP contribution in [0.5, 0.6) is 0 Å². The normalized spacial score (nSPS) is 20.8. The van der Waals surface area contributed by atoms with Crippen LogP contribution in [0.25, 0.3) is 0 Å². The van der Waals surface area contributed by atoms with Gasteiger partial charge in [0.1, 0.15) is 0 Å². The van der Waals surface area contributed by atoms with Crippen LogP contribution in [-0.4, -0.2) is 11.0 Å². The van der Waals surface area contributed by atoms with Crippen LogP contribution in [0.4, 0.5) is 10.1 Å². The maximum atomic E-state index is 12.8. The van der Waals surface area contributed by atoms with Gasteiger partial charge in [0.25, 0.3) is 0 Å². The number of anilines is 1. The lowest BCUT2D eigenvalue weighted by Gasteiger charge is -2.20. The minimum absolute atomic E-state index is 0.429. The predicted octanol–water partition coefficient (Wildman–Crippen LogP) is 2.74. The van der Waals surface area contributed by atoms with Crippen molar-refractivity contribution in [2.45, 2.75) is 25.3 Å². The van der Waals surface area contributed by atoms with Gasteiger partial charge in [0.05, 0.1) is 0 Å². The number of hydrogen-bond donors (Lipinski definition) is 1. The lowest BCUT2D eigenvalue weighted by atomic mass is 10.0. The Morgan fingerprint density at radius 3 is 3.07 bits per heavy atom. The molecule has 0 saturated carbocycles. The second-order valence-corrected chi connectivity index (χ2v) is 3.49. The van der Waals surface area contributed by atoms with Crippen LogP contribution < -0.4 is 5.32 Å². The van der Waals surface area contributed by atoms with Crippen molar-refractivity contribution in [2.75, 3.05) is 5.32 Å². The molecule has 1 atom stereocenters. The molecule has 1 unspecified atom stereocenters. The third-order valence-electron chi connectivity index (χ3n) is 2.37. The largest absolute Gasteiger partial charge is 0.382 e. The van der Waals surface area contributed by atoms with Gasteiger partial charge in [-0.1, -0.05) is 12.2 Å². The molecule has 74 valence electrons. The molecule has 3 heteroatoms. The number of nitrogens with one attached hydrogen (secondary N) is 1. The molecule has 2 nitrogen and oxygen atoms in total. The van der Waals surface area contributed by atoms with Crippen LogP contribution in [0.1, 0.15) is 19.3 Å². The van der Waals surface area contributed by atoms with E-state index in [0.717, 1.165) is 24.9 Å². The summed E-state index contributed by atoms with van der Waals surface area (Å²) < 4.78 is 12.8. The van der Waals surface area contributed by atoms with Gasteiger partial charge >= 0.3 is 0 Å². The van der Waals surface area contributed by atoms with Gasteiger partial charge in [0.2, 0.25) is 5.95 Å². The number of aromatic nitrogens is 1. The Kier molecular flexibility index (Phi) is 2.77. The first-order valence-corrected chi connectivity index (χ1v) is 4.88. The standard InChI is InChI=1S/C11H13FN2/c12-11-8-10(6-7-13-11)14-9-4-2-1-3-5-9/h1-2,6-9H,3-5H2,(H,13,14). The zero-order valence-electron chi connectivity index (χ0n) is 7.91. The summed E-state index contributed by atoms with van der Waals surface area (Å²) in [4.78, 5) is 3.51. The van der Waals surface area contributed by atoms with Gasteiger partial charge < -0.3 is 5.32 Å². The zero-order valence-corrected chi connectivity index (χ0v) is 7.91. The molecule has 1 aromatic heterocycles. The molecule has 0 saturated heterocycles. The van der Waals surface area contributed by atoms with Gasteiger partial charge in [0.15, 0.2) is 0 Å². The van der Waals surface area contributed by atoms with E-state index in [-0.39, 0.29) is 0 Å². The number of hydrogen-bond acceptors (Lipinski definition) is 2. The smallest absolute Gasteiger partial charge is 0.214 e. The molecule has 1 aliphatic rings. The zero-order chi connectivity index (χ0) is 9.80. The highest BCUT2D eigenvalue weighted by atomic mass is 19.1. The monoisotopic (exact) mass is 192 g/mol. The maximum Gasteiger partial charge on any atom is 0.214 e. The SMILES string of the molecule is Fc1cc(NC2CC=CCC2)ccn1. The van der Waals surface area contributed by atoms with E-state index in [1.807, 2.05) is 0 Å². The Morgan fingerprint density at radius 2 is 2.36 bits per heavy atom. The van der Waals surface area contributed by atoms with Crippen LogP contribution in [0.15, 0.2) is 30.5 Å². The first kappa shape index (κ1) is 9.19. The summed E-state index contributed by atoms with van der Waals surface area (Å²) in [6, 6.07) is 3.65. The van der Waals surface area contributed by atoms with E-state index in [2.05, 4.69) is 22.5 Å². The summed E-state index contributed by atoms with van der Waals surface area (Å²) in [5, 5.41) is 3.29. The fourth-order valence-corrected chi connectivity index (χ4v) is 1.65. The second kappa shape index (κ2) is 4.22. The van der Waals surface area contributed by atoms with Crippen LogP contribution in [0, 0.1) is 5.95 Å². The highest BCUT2D eigenvalue weighted by Gasteiger charge is 2.09. The molecule has 0 amide bonds. The number of allylic oxidation sites excluding steroid dienone is 1. The van der Waals surface area contributed by atoms with E-state index in [1.165, 1.54) is 12.3 Å². The molecule has 1 heterocycles. The average molecular weight is 192 g/mol. The van der Waals surface area contributed by atoms with Crippen LogP contribution >= 0.6 is 0 Å². The molecular weight excluding hydrogens is 179 g/mol. The van der Waals surface area contributed by atoms with Crippen molar-refractivity contribution in [3.63, 3.8) is 0 Å². The molecule has 0 fully saturated rings. The highest BCUT2D eigenvalue weighted by Crippen LogP contribution is 2.16. The van der Waals surface area contributed by atoms with Crippen molar-refractivity contribution in [3.05, 3.63) is 36.4 Å². The minimum atomic E-state index is -0.429. The van der Waals surface area contributed by atoms with Gasteiger partial charge in [-0.2, -0.15) is 4.39 Å². The summed E-state index contributed by atoms with van der Waals surface area (Å²) in [5.74, 6) is -0.429. The van der Waals surface area contributed by atoms with Crippen LogP contribution in [0.2, 0.25) is 0 Å². The van der Waals surface area contributed by atoms with Gasteiger partial charge in [-0.15, -0.1) is 0 Å². The Morgan fingerprint density at radius 1 is 1.43 bits per heavy atom. The van der Waals surface area contributed by atoms with Crippen molar-refractivity contribution >= 4 is 5.69 Å². The molecule has 2 rings (SSSR count). The lowest BCUT2D eigenvalue weighted by molar-refractivity contribution is 0.582. The quantitative estimate of drug-likeness (QED) is 0.575. The van der Waals surface area contributed by atoms with Crippen molar-refractivity contribution in [1.82, 2.24) is 4.98 Å². The van der Waals surface area contributed by atoms with E-state index in [0.29, 0.717) is 6.04 Å². The van der Waals surface area contributed by atoms with Crippen molar-refractivity contribution in [2.24, 2.45) is 0 Å². The van der Waals surface area contributed by atoms with E-state index >= 15 is 0 Å². The molecule has 0 spiro atoms. The molecule has 14 heavy (non-hydrogen) atoms. The van der Waals surface area contributed by atoms with Crippen molar-refractivity contribution in [1.29, 1.82) is 0 Å². The predicted molar refractivity (Wildman–Crippen MR) is 54.6 cm³/mol. The molecule has 0 aromatic carbocycles. The van der Waals surface area contributed by atoms with Crippen LogP contribution in [0.3, 0.4) is 0 Å². The summed E-state index contributed by atoms with van der Waals surface area (Å²) in [6.45, 7) is 0. The molecule has 1 aromatic rings. The average Bonchev–Trinajstić information content (AvgIpc) is 2.19. The van der Waals surface area contributed by atoms with E-state index in [4.69, 9.17) is 0 Å². The molecule has 0 radical (unpaired) electrons. The lowest BCUT2D eigenvalue weighted by Crippen LogP contribution is -2.20. The molecule has 0 bridgehead atoms. The van der Waals surface area contributed by atoms with Gasteiger partial charge in [-0.25, -0.2) is 4.98 Å². The van der Waals surface area contributed by atoms with Crippen molar-refractivity contribution < 1.29 is 4.39 Å². The second-order valence-electron chi connectivity index (χ2n) is 3.49. The third kappa shape index (κ3) is 2.31. The number of rotatable bonds is 2. The van der Waals surface area contributed by atoms with Crippen molar-refractivity contribution in [3.8, 4) is 0 Å². The molecule has 1 N–H and O–H groups in total. The summed E-state index contributed by atoms with van der Waals surface area (Å²) in [5.41, 5.74) is 0.817. The van der Waals surface area contributed by atoms with E-state index < -0.39 is 5.95 Å². The molecular formula is C11H13FN2. The fourth-order valence-electron chi connectivity index (χ4n) is 1.65.